The van der Waals surface area contributed by atoms with Crippen LogP contribution in [0.15, 0.2) is 53.9 Å². The van der Waals surface area contributed by atoms with Gasteiger partial charge in [-0.15, -0.1) is 11.3 Å². The van der Waals surface area contributed by atoms with Gasteiger partial charge in [0.1, 0.15) is 12.4 Å². The van der Waals surface area contributed by atoms with Gasteiger partial charge in [-0.2, -0.15) is 0 Å². The molecule has 2 amide bonds. The molecular formula is C26H27N3O3S. The number of amides is 2. The molecule has 0 spiro atoms. The van der Waals surface area contributed by atoms with Crippen LogP contribution in [0.2, 0.25) is 0 Å². The number of ether oxygens (including phenoxy) is 1. The van der Waals surface area contributed by atoms with E-state index in [1.165, 1.54) is 6.08 Å². The fourth-order valence-corrected chi connectivity index (χ4v) is 4.41. The van der Waals surface area contributed by atoms with Gasteiger partial charge in [0.25, 0.3) is 5.91 Å². The van der Waals surface area contributed by atoms with Gasteiger partial charge in [-0.1, -0.05) is 30.3 Å². The Morgan fingerprint density at radius 1 is 1.12 bits per heavy atom. The number of hydrogen-bond donors (Lipinski definition) is 1. The van der Waals surface area contributed by atoms with Gasteiger partial charge >= 0.3 is 0 Å². The third-order valence-corrected chi connectivity index (χ3v) is 6.34. The summed E-state index contributed by atoms with van der Waals surface area (Å²) in [6.45, 7) is 5.74. The van der Waals surface area contributed by atoms with Gasteiger partial charge in [0.2, 0.25) is 5.91 Å². The molecule has 1 saturated heterocycles. The Labute approximate surface area is 197 Å². The van der Waals surface area contributed by atoms with Crippen molar-refractivity contribution in [3.8, 4) is 5.75 Å². The highest BCUT2D eigenvalue weighted by atomic mass is 32.1. The average Bonchev–Trinajstić information content (AvgIpc) is 3.50. The Hall–Kier alpha value is -3.45. The van der Waals surface area contributed by atoms with E-state index < -0.39 is 0 Å². The van der Waals surface area contributed by atoms with Crippen LogP contribution in [0.5, 0.6) is 5.75 Å². The van der Waals surface area contributed by atoms with E-state index in [4.69, 9.17) is 4.74 Å². The number of anilines is 1. The number of benzene rings is 2. The molecule has 2 aromatic carbocycles. The molecule has 0 atom stereocenters. The molecule has 1 N–H and O–H groups in total. The quantitative estimate of drug-likeness (QED) is 0.489. The molecule has 1 aliphatic heterocycles. The number of thiazole rings is 1. The average molecular weight is 462 g/mol. The lowest BCUT2D eigenvalue weighted by Crippen LogP contribution is -2.29. The highest BCUT2D eigenvalue weighted by Crippen LogP contribution is 2.25. The van der Waals surface area contributed by atoms with Crippen molar-refractivity contribution in [2.24, 2.45) is 0 Å². The summed E-state index contributed by atoms with van der Waals surface area (Å²) in [5, 5.41) is 5.88. The van der Waals surface area contributed by atoms with Crippen molar-refractivity contribution in [3.63, 3.8) is 0 Å². The van der Waals surface area contributed by atoms with E-state index in [1.54, 1.807) is 23.5 Å². The maximum absolute atomic E-state index is 13.0. The van der Waals surface area contributed by atoms with E-state index in [1.807, 2.05) is 60.5 Å². The first-order valence-electron chi connectivity index (χ1n) is 11.0. The second kappa shape index (κ2) is 10.4. The van der Waals surface area contributed by atoms with Gasteiger partial charge in [-0.25, -0.2) is 4.98 Å². The number of likely N-dealkylation sites (tertiary alicyclic amines) is 1. The first-order chi connectivity index (χ1) is 16.0. The molecule has 3 aromatic rings. The molecule has 1 aliphatic rings. The highest BCUT2D eigenvalue weighted by molar-refractivity contribution is 7.09. The van der Waals surface area contributed by atoms with Crippen molar-refractivity contribution < 1.29 is 14.3 Å². The van der Waals surface area contributed by atoms with Crippen molar-refractivity contribution in [2.45, 2.75) is 33.3 Å². The Bertz CT molecular complexity index is 1180. The van der Waals surface area contributed by atoms with E-state index in [0.717, 1.165) is 47.8 Å². The van der Waals surface area contributed by atoms with E-state index in [0.29, 0.717) is 23.6 Å². The van der Waals surface area contributed by atoms with Crippen LogP contribution in [0.25, 0.3) is 6.08 Å². The normalized spacial score (nSPS) is 13.5. The topological polar surface area (TPSA) is 71.5 Å². The first-order valence-corrected chi connectivity index (χ1v) is 11.9. The molecule has 4 rings (SSSR count). The van der Waals surface area contributed by atoms with Crippen molar-refractivity contribution >= 4 is 34.9 Å². The zero-order chi connectivity index (χ0) is 23.2. The molecule has 6 nitrogen and oxygen atoms in total. The SMILES string of the molecule is Cc1nc(COc2ccccc2/C=C/C(=O)Nc2c(C)cccc2C(=O)N2CCCC2)cs1. The predicted octanol–water partition coefficient (Wildman–Crippen LogP) is 5.23. The molecule has 170 valence electrons. The Morgan fingerprint density at radius 3 is 2.67 bits per heavy atom. The molecule has 33 heavy (non-hydrogen) atoms. The lowest BCUT2D eigenvalue weighted by molar-refractivity contribution is -0.111. The maximum Gasteiger partial charge on any atom is 0.255 e. The second-order valence-electron chi connectivity index (χ2n) is 8.00. The molecule has 0 radical (unpaired) electrons. The van der Waals surface area contributed by atoms with Gasteiger partial charge in [0, 0.05) is 30.1 Å². The fourth-order valence-electron chi connectivity index (χ4n) is 3.81. The van der Waals surface area contributed by atoms with Gasteiger partial charge < -0.3 is 15.0 Å². The number of para-hydroxylation sites is 2. The third-order valence-electron chi connectivity index (χ3n) is 5.52. The van der Waals surface area contributed by atoms with Crippen LogP contribution < -0.4 is 10.1 Å². The number of hydrogen-bond acceptors (Lipinski definition) is 5. The number of carbonyl (C=O) groups excluding carboxylic acids is 2. The zero-order valence-corrected chi connectivity index (χ0v) is 19.7. The minimum absolute atomic E-state index is 0.0356. The smallest absolute Gasteiger partial charge is 0.255 e. The van der Waals surface area contributed by atoms with E-state index in [-0.39, 0.29) is 11.8 Å². The predicted molar refractivity (Wildman–Crippen MR) is 132 cm³/mol. The summed E-state index contributed by atoms with van der Waals surface area (Å²) in [4.78, 5) is 32.0. The van der Waals surface area contributed by atoms with Crippen LogP contribution in [0, 0.1) is 13.8 Å². The molecule has 7 heteroatoms. The molecule has 2 heterocycles. The van der Waals surface area contributed by atoms with Crippen LogP contribution >= 0.6 is 11.3 Å². The van der Waals surface area contributed by atoms with Crippen molar-refractivity contribution in [1.29, 1.82) is 0 Å². The second-order valence-corrected chi connectivity index (χ2v) is 9.07. The zero-order valence-electron chi connectivity index (χ0n) is 18.8. The first kappa shape index (κ1) is 22.7. The summed E-state index contributed by atoms with van der Waals surface area (Å²) >= 11 is 1.59. The summed E-state index contributed by atoms with van der Waals surface area (Å²) in [6, 6.07) is 13.1. The molecular weight excluding hydrogens is 434 g/mol. The summed E-state index contributed by atoms with van der Waals surface area (Å²) in [5.74, 6) is 0.337. The van der Waals surface area contributed by atoms with Crippen LogP contribution in [0.4, 0.5) is 5.69 Å². The molecule has 0 bridgehead atoms. The standard InChI is InChI=1S/C26H27N3O3S/c1-18-8-7-10-22(26(31)29-14-5-6-15-29)25(18)28-24(30)13-12-20-9-3-4-11-23(20)32-16-21-17-33-19(2)27-21/h3-4,7-13,17H,5-6,14-16H2,1-2H3,(H,28,30)/b13-12+. The van der Waals surface area contributed by atoms with E-state index >= 15 is 0 Å². The van der Waals surface area contributed by atoms with Crippen LogP contribution in [0.3, 0.4) is 0 Å². The third kappa shape index (κ3) is 5.68. The number of nitrogens with zero attached hydrogens (tertiary/aromatic N) is 2. The molecule has 1 fully saturated rings. The van der Waals surface area contributed by atoms with Gasteiger partial charge in [-0.05, 0) is 50.5 Å². The lowest BCUT2D eigenvalue weighted by atomic mass is 10.1. The maximum atomic E-state index is 13.0. The number of nitrogens with one attached hydrogen (secondary N) is 1. The Kier molecular flexibility index (Phi) is 7.19. The fraction of sp³-hybridized carbons (Fsp3) is 0.269. The molecule has 0 saturated carbocycles. The molecule has 0 unspecified atom stereocenters. The summed E-state index contributed by atoms with van der Waals surface area (Å²) in [5.41, 5.74) is 3.61. The summed E-state index contributed by atoms with van der Waals surface area (Å²) < 4.78 is 5.92. The van der Waals surface area contributed by atoms with Crippen LogP contribution in [0.1, 0.15) is 45.0 Å². The van der Waals surface area contributed by atoms with E-state index in [2.05, 4.69) is 10.3 Å². The largest absolute Gasteiger partial charge is 0.487 e. The Balaban J connectivity index is 1.46. The van der Waals surface area contributed by atoms with Gasteiger partial charge in [-0.3, -0.25) is 9.59 Å². The Morgan fingerprint density at radius 2 is 1.91 bits per heavy atom. The summed E-state index contributed by atoms with van der Waals surface area (Å²) in [7, 11) is 0. The minimum Gasteiger partial charge on any atom is -0.487 e. The highest BCUT2D eigenvalue weighted by Gasteiger charge is 2.23. The van der Waals surface area contributed by atoms with Gasteiger partial charge in [0.15, 0.2) is 0 Å². The molecule has 1 aromatic heterocycles. The number of aryl methyl sites for hydroxylation is 2. The minimum atomic E-state index is -0.301. The molecule has 0 aliphatic carbocycles. The lowest BCUT2D eigenvalue weighted by Gasteiger charge is -2.19. The van der Waals surface area contributed by atoms with E-state index in [9.17, 15) is 9.59 Å². The van der Waals surface area contributed by atoms with Crippen molar-refractivity contribution in [1.82, 2.24) is 9.88 Å². The number of rotatable bonds is 7. The monoisotopic (exact) mass is 461 g/mol. The van der Waals surface area contributed by atoms with Gasteiger partial charge in [0.05, 0.1) is 22.0 Å². The number of aromatic nitrogens is 1. The summed E-state index contributed by atoms with van der Waals surface area (Å²) in [6.07, 6.45) is 5.22. The number of carbonyl (C=O) groups is 2. The van der Waals surface area contributed by atoms with Crippen molar-refractivity contribution in [2.75, 3.05) is 18.4 Å². The van der Waals surface area contributed by atoms with Crippen molar-refractivity contribution in [3.05, 3.63) is 81.3 Å². The van der Waals surface area contributed by atoms with Crippen LogP contribution in [-0.4, -0.2) is 34.8 Å². The van der Waals surface area contributed by atoms with Crippen LogP contribution in [-0.2, 0) is 11.4 Å².